The Labute approximate surface area is 143 Å². The molecule has 2 fully saturated rings. The number of carbonyl (C=O) groups excluding carboxylic acids is 1. The highest BCUT2D eigenvalue weighted by Crippen LogP contribution is 2.52. The molecule has 0 radical (unpaired) electrons. The summed E-state index contributed by atoms with van der Waals surface area (Å²) in [7, 11) is -3.80. The molecule has 1 saturated heterocycles. The molecule has 0 aromatic heterocycles. The number of sulfone groups is 1. The van der Waals surface area contributed by atoms with Gasteiger partial charge < -0.3 is 21.3 Å². The maximum atomic E-state index is 12.2. The van der Waals surface area contributed by atoms with Crippen LogP contribution < -0.4 is 11.1 Å². The minimum Gasteiger partial charge on any atom is -0.481 e. The lowest BCUT2D eigenvalue weighted by atomic mass is 9.63. The smallest absolute Gasteiger partial charge is 0.330 e. The predicted molar refractivity (Wildman–Crippen MR) is 86.3 cm³/mol. The summed E-state index contributed by atoms with van der Waals surface area (Å²) in [5.74, 6) is -6.12. The van der Waals surface area contributed by atoms with Crippen LogP contribution in [-0.2, 0) is 24.2 Å². The molecule has 1 aliphatic heterocycles. The monoisotopic (exact) mass is 380 g/mol. The molecule has 2 rings (SSSR count). The molecule has 2 aliphatic rings. The molecule has 0 bridgehead atoms. The molecule has 9 nitrogen and oxygen atoms in total. The molecular formula is C13H20N2O7S2. The maximum absolute atomic E-state index is 12.2. The van der Waals surface area contributed by atoms with Gasteiger partial charge in [-0.15, -0.1) is 0 Å². The Morgan fingerprint density at radius 2 is 2.00 bits per heavy atom. The van der Waals surface area contributed by atoms with Crippen molar-refractivity contribution in [2.45, 2.75) is 29.7 Å². The number of carboxylic acid groups (broad SMARTS) is 2. The first-order chi connectivity index (χ1) is 11.1. The van der Waals surface area contributed by atoms with E-state index in [1.165, 1.54) is 11.8 Å². The van der Waals surface area contributed by atoms with E-state index in [0.717, 1.165) is 0 Å². The SMILES string of the molecule is CSCC[C@H](N)C(=O)N[C@@]1(C(=O)O)CS(=O)(=O)[C@H]2C[C@H](C(=O)O)[C@H]21. The van der Waals surface area contributed by atoms with Gasteiger partial charge in [-0.1, -0.05) is 0 Å². The zero-order chi connectivity index (χ0) is 18.3. The standard InChI is InChI=1S/C13H20N2O7S2/c1-23-3-2-7(14)10(16)15-13(12(19)20)5-24(21,22)8-4-6(9(8)13)11(17)18/h6-9H,2-5,14H2,1H3,(H,15,16)(H,17,18)(H,19,20)/t6-,7-,8-,9+,13-/m0/s1. The van der Waals surface area contributed by atoms with E-state index in [1.807, 2.05) is 6.26 Å². The van der Waals surface area contributed by atoms with E-state index >= 15 is 0 Å². The number of nitrogens with two attached hydrogens (primary N) is 1. The summed E-state index contributed by atoms with van der Waals surface area (Å²) in [5.41, 5.74) is 3.58. The number of carbonyl (C=O) groups is 3. The second-order valence-corrected chi connectivity index (χ2v) is 9.41. The summed E-state index contributed by atoms with van der Waals surface area (Å²) < 4.78 is 24.4. The minimum atomic E-state index is -3.80. The summed E-state index contributed by atoms with van der Waals surface area (Å²) in [6.45, 7) is 0. The summed E-state index contributed by atoms with van der Waals surface area (Å²) in [4.78, 5) is 35.3. The van der Waals surface area contributed by atoms with Gasteiger partial charge >= 0.3 is 11.9 Å². The van der Waals surface area contributed by atoms with Crippen LogP contribution >= 0.6 is 11.8 Å². The van der Waals surface area contributed by atoms with Crippen LogP contribution in [0.15, 0.2) is 0 Å². The van der Waals surface area contributed by atoms with Crippen LogP contribution in [0.1, 0.15) is 12.8 Å². The quantitative estimate of drug-likeness (QED) is 0.412. The van der Waals surface area contributed by atoms with Crippen molar-refractivity contribution in [3.8, 4) is 0 Å². The Bertz CT molecular complexity index is 665. The van der Waals surface area contributed by atoms with E-state index in [-0.39, 0.29) is 6.42 Å². The van der Waals surface area contributed by atoms with Gasteiger partial charge in [0.1, 0.15) is 0 Å². The first-order valence-corrected chi connectivity index (χ1v) is 10.4. The number of aliphatic carboxylic acids is 2. The van der Waals surface area contributed by atoms with E-state index in [4.69, 9.17) is 5.73 Å². The molecule has 0 spiro atoms. The molecule has 0 unspecified atom stereocenters. The van der Waals surface area contributed by atoms with E-state index in [9.17, 15) is 33.0 Å². The molecule has 1 saturated carbocycles. The van der Waals surface area contributed by atoms with Gasteiger partial charge in [-0.25, -0.2) is 13.2 Å². The van der Waals surface area contributed by atoms with Crippen LogP contribution in [0.4, 0.5) is 0 Å². The lowest BCUT2D eigenvalue weighted by molar-refractivity contribution is -0.158. The fourth-order valence-corrected chi connectivity index (χ4v) is 6.57. The molecule has 24 heavy (non-hydrogen) atoms. The third-order valence-electron chi connectivity index (χ3n) is 4.79. The Morgan fingerprint density at radius 3 is 2.50 bits per heavy atom. The summed E-state index contributed by atoms with van der Waals surface area (Å²) in [6, 6.07) is -0.987. The highest BCUT2D eigenvalue weighted by molar-refractivity contribution is 7.98. The van der Waals surface area contributed by atoms with Gasteiger partial charge in [0, 0.05) is 5.92 Å². The van der Waals surface area contributed by atoms with Gasteiger partial charge in [0.2, 0.25) is 5.91 Å². The number of hydrogen-bond acceptors (Lipinski definition) is 7. The molecule has 1 amide bonds. The Morgan fingerprint density at radius 1 is 1.38 bits per heavy atom. The van der Waals surface area contributed by atoms with Crippen LogP contribution in [-0.4, -0.2) is 71.1 Å². The van der Waals surface area contributed by atoms with Crippen LogP contribution in [0.5, 0.6) is 0 Å². The van der Waals surface area contributed by atoms with Gasteiger partial charge in [-0.2, -0.15) is 11.8 Å². The lowest BCUT2D eigenvalue weighted by Crippen LogP contribution is -2.67. The van der Waals surface area contributed by atoms with Gasteiger partial charge in [-0.3, -0.25) is 9.59 Å². The highest BCUT2D eigenvalue weighted by atomic mass is 32.2. The average Bonchev–Trinajstić information content (AvgIpc) is 2.58. The van der Waals surface area contributed by atoms with Crippen molar-refractivity contribution >= 4 is 39.4 Å². The number of hydrogen-bond donors (Lipinski definition) is 4. The Hall–Kier alpha value is -1.33. The van der Waals surface area contributed by atoms with Crippen molar-refractivity contribution in [2.24, 2.45) is 17.6 Å². The molecule has 1 aliphatic carbocycles. The topological polar surface area (TPSA) is 164 Å². The fraction of sp³-hybridized carbons (Fsp3) is 0.769. The molecule has 5 atom stereocenters. The largest absolute Gasteiger partial charge is 0.481 e. The van der Waals surface area contributed by atoms with Crippen LogP contribution in [0.3, 0.4) is 0 Å². The fourth-order valence-electron chi connectivity index (χ4n) is 3.48. The maximum Gasteiger partial charge on any atom is 0.330 e. The minimum absolute atomic E-state index is 0.133. The van der Waals surface area contributed by atoms with Crippen LogP contribution in [0, 0.1) is 11.8 Å². The molecule has 1 heterocycles. The van der Waals surface area contributed by atoms with Gasteiger partial charge in [-0.05, 0) is 24.9 Å². The molecule has 11 heteroatoms. The van der Waals surface area contributed by atoms with Crippen LogP contribution in [0.2, 0.25) is 0 Å². The average molecular weight is 380 g/mol. The first kappa shape index (κ1) is 19.0. The third-order valence-corrected chi connectivity index (χ3v) is 7.70. The van der Waals surface area contributed by atoms with Crippen molar-refractivity contribution in [3.63, 3.8) is 0 Å². The predicted octanol–water partition coefficient (Wildman–Crippen LogP) is -1.48. The van der Waals surface area contributed by atoms with Crippen molar-refractivity contribution in [3.05, 3.63) is 0 Å². The zero-order valence-corrected chi connectivity index (χ0v) is 14.6. The number of fused-ring (bicyclic) bond motifs is 1. The zero-order valence-electron chi connectivity index (χ0n) is 13.0. The van der Waals surface area contributed by atoms with Gasteiger partial charge in [0.25, 0.3) is 0 Å². The summed E-state index contributed by atoms with van der Waals surface area (Å²) in [6.07, 6.45) is 1.99. The van der Waals surface area contributed by atoms with Crippen LogP contribution in [0.25, 0.3) is 0 Å². The number of rotatable bonds is 7. The van der Waals surface area contributed by atoms with E-state index in [0.29, 0.717) is 12.2 Å². The summed E-state index contributed by atoms with van der Waals surface area (Å²) in [5, 5.41) is 20.0. The van der Waals surface area contributed by atoms with Gasteiger partial charge in [0.15, 0.2) is 15.4 Å². The molecule has 0 aromatic rings. The van der Waals surface area contributed by atoms with Crippen molar-refractivity contribution in [2.75, 3.05) is 17.8 Å². The molecule has 5 N–H and O–H groups in total. The second kappa shape index (κ2) is 6.52. The molecule has 0 aromatic carbocycles. The van der Waals surface area contributed by atoms with Crippen molar-refractivity contribution in [1.82, 2.24) is 5.32 Å². The number of carboxylic acids is 2. The Kier molecular flexibility index (Phi) is 5.17. The summed E-state index contributed by atoms with van der Waals surface area (Å²) >= 11 is 1.46. The highest BCUT2D eigenvalue weighted by Gasteiger charge is 2.71. The van der Waals surface area contributed by atoms with E-state index in [2.05, 4.69) is 5.32 Å². The Balaban J connectivity index is 2.31. The third kappa shape index (κ3) is 3.00. The first-order valence-electron chi connectivity index (χ1n) is 7.31. The lowest BCUT2D eigenvalue weighted by Gasteiger charge is -2.43. The number of nitrogens with one attached hydrogen (secondary N) is 1. The van der Waals surface area contributed by atoms with Gasteiger partial charge in [0.05, 0.1) is 23.0 Å². The molecular weight excluding hydrogens is 360 g/mol. The number of thioether (sulfide) groups is 1. The van der Waals surface area contributed by atoms with Crippen molar-refractivity contribution in [1.29, 1.82) is 0 Å². The van der Waals surface area contributed by atoms with Crippen molar-refractivity contribution < 1.29 is 33.0 Å². The number of amides is 1. The van der Waals surface area contributed by atoms with E-state index in [1.54, 1.807) is 0 Å². The second-order valence-electron chi connectivity index (χ2n) is 6.21. The van der Waals surface area contributed by atoms with E-state index < -0.39 is 62.1 Å². The normalized spacial score (nSPS) is 34.7. The molecule has 136 valence electrons.